The van der Waals surface area contributed by atoms with Gasteiger partial charge in [-0.2, -0.15) is 0 Å². The van der Waals surface area contributed by atoms with Crippen LogP contribution in [-0.4, -0.2) is 21.9 Å². The molecule has 5 nitrogen and oxygen atoms in total. The molecule has 140 valence electrons. The number of carbonyl (C=O) groups excluding carboxylic acids is 1. The minimum absolute atomic E-state index is 0.0526. The van der Waals surface area contributed by atoms with Crippen molar-refractivity contribution in [3.05, 3.63) is 64.7 Å². The number of aromatic nitrogens is 2. The zero-order chi connectivity index (χ0) is 19.4. The molecule has 1 N–H and O–H groups in total. The number of carbonyl (C=O) groups is 1. The number of amides is 1. The Kier molecular flexibility index (Phi) is 5.96. The van der Waals surface area contributed by atoms with Crippen molar-refractivity contribution < 1.29 is 9.21 Å². The quantitative estimate of drug-likeness (QED) is 0.631. The van der Waals surface area contributed by atoms with Crippen LogP contribution in [0.25, 0.3) is 11.5 Å². The van der Waals surface area contributed by atoms with Crippen LogP contribution in [0.4, 0.5) is 0 Å². The standard InChI is InChI=1S/C21H23N3O2S/c1-13-5-8-17(9-6-13)20-23-24-21(26-20)27-12-19(25)22-16(4)18-10-7-14(2)15(3)11-18/h5-11,16H,12H2,1-4H3,(H,22,25)/t16-/m1/s1. The fraction of sp³-hybridized carbons (Fsp3) is 0.286. The van der Waals surface area contributed by atoms with Crippen molar-refractivity contribution in [1.82, 2.24) is 15.5 Å². The molecule has 1 atom stereocenters. The Morgan fingerprint density at radius 2 is 1.81 bits per heavy atom. The maximum absolute atomic E-state index is 12.2. The first-order chi connectivity index (χ1) is 12.9. The number of rotatable bonds is 6. The maximum Gasteiger partial charge on any atom is 0.277 e. The predicted octanol–water partition coefficient (Wildman–Crippen LogP) is 4.63. The fourth-order valence-corrected chi connectivity index (χ4v) is 3.18. The molecule has 2 aromatic carbocycles. The van der Waals surface area contributed by atoms with Gasteiger partial charge in [0.1, 0.15) is 0 Å². The predicted molar refractivity (Wildman–Crippen MR) is 108 cm³/mol. The van der Waals surface area contributed by atoms with Gasteiger partial charge in [-0.05, 0) is 56.5 Å². The van der Waals surface area contributed by atoms with Crippen molar-refractivity contribution in [2.24, 2.45) is 0 Å². The van der Waals surface area contributed by atoms with E-state index in [0.717, 1.165) is 11.1 Å². The molecule has 1 heterocycles. The van der Waals surface area contributed by atoms with Gasteiger partial charge in [-0.3, -0.25) is 4.79 Å². The van der Waals surface area contributed by atoms with Gasteiger partial charge in [0.25, 0.3) is 5.22 Å². The molecule has 3 aromatic rings. The second-order valence-electron chi connectivity index (χ2n) is 6.66. The highest BCUT2D eigenvalue weighted by Gasteiger charge is 2.14. The lowest BCUT2D eigenvalue weighted by molar-refractivity contribution is -0.119. The van der Waals surface area contributed by atoms with Gasteiger partial charge in [-0.15, -0.1) is 10.2 Å². The fourth-order valence-electron chi connectivity index (χ4n) is 2.61. The van der Waals surface area contributed by atoms with Gasteiger partial charge in [0, 0.05) is 5.56 Å². The molecule has 0 fully saturated rings. The maximum atomic E-state index is 12.2. The molecule has 0 aliphatic carbocycles. The normalized spacial score (nSPS) is 12.0. The molecule has 1 aromatic heterocycles. The first kappa shape index (κ1) is 19.2. The second-order valence-corrected chi connectivity index (χ2v) is 7.59. The molecule has 0 aliphatic rings. The zero-order valence-corrected chi connectivity index (χ0v) is 16.8. The Morgan fingerprint density at radius 1 is 1.07 bits per heavy atom. The Labute approximate surface area is 163 Å². The van der Waals surface area contributed by atoms with Crippen LogP contribution in [0.1, 0.15) is 35.2 Å². The van der Waals surface area contributed by atoms with E-state index >= 15 is 0 Å². The van der Waals surface area contributed by atoms with Gasteiger partial charge in [-0.25, -0.2) is 0 Å². The largest absolute Gasteiger partial charge is 0.411 e. The van der Waals surface area contributed by atoms with Crippen molar-refractivity contribution in [1.29, 1.82) is 0 Å². The summed E-state index contributed by atoms with van der Waals surface area (Å²) in [7, 11) is 0. The van der Waals surface area contributed by atoms with Gasteiger partial charge in [0.05, 0.1) is 11.8 Å². The van der Waals surface area contributed by atoms with Crippen molar-refractivity contribution in [3.63, 3.8) is 0 Å². The van der Waals surface area contributed by atoms with E-state index in [1.807, 2.05) is 44.2 Å². The highest BCUT2D eigenvalue weighted by molar-refractivity contribution is 7.99. The van der Waals surface area contributed by atoms with E-state index in [-0.39, 0.29) is 17.7 Å². The van der Waals surface area contributed by atoms with Crippen LogP contribution in [0.15, 0.2) is 52.1 Å². The molecule has 0 bridgehead atoms. The first-order valence-corrected chi connectivity index (χ1v) is 9.81. The van der Waals surface area contributed by atoms with Crippen LogP contribution in [0, 0.1) is 20.8 Å². The van der Waals surface area contributed by atoms with Gasteiger partial charge in [0.15, 0.2) is 0 Å². The lowest BCUT2D eigenvalue weighted by Gasteiger charge is -2.15. The third-order valence-electron chi connectivity index (χ3n) is 4.44. The van der Waals surface area contributed by atoms with E-state index in [9.17, 15) is 4.79 Å². The van der Waals surface area contributed by atoms with Gasteiger partial charge in [-0.1, -0.05) is 47.7 Å². The molecule has 0 spiro atoms. The molecule has 0 unspecified atom stereocenters. The van der Waals surface area contributed by atoms with Crippen molar-refractivity contribution >= 4 is 17.7 Å². The van der Waals surface area contributed by atoms with Gasteiger partial charge in [0.2, 0.25) is 11.8 Å². The van der Waals surface area contributed by atoms with Gasteiger partial charge >= 0.3 is 0 Å². The van der Waals surface area contributed by atoms with E-state index in [2.05, 4.69) is 41.5 Å². The molecule has 1 amide bonds. The van der Waals surface area contributed by atoms with E-state index in [0.29, 0.717) is 11.1 Å². The summed E-state index contributed by atoms with van der Waals surface area (Å²) in [5.74, 6) is 0.618. The van der Waals surface area contributed by atoms with Crippen LogP contribution in [0.3, 0.4) is 0 Å². The lowest BCUT2D eigenvalue weighted by atomic mass is 10.0. The van der Waals surface area contributed by atoms with Crippen LogP contribution < -0.4 is 5.32 Å². The smallest absolute Gasteiger partial charge is 0.277 e. The number of hydrogen-bond donors (Lipinski definition) is 1. The summed E-state index contributed by atoms with van der Waals surface area (Å²) >= 11 is 1.24. The van der Waals surface area contributed by atoms with Crippen molar-refractivity contribution in [2.75, 3.05) is 5.75 Å². The Morgan fingerprint density at radius 3 is 2.52 bits per heavy atom. The van der Waals surface area contributed by atoms with Gasteiger partial charge < -0.3 is 9.73 Å². The molecule has 0 aliphatic heterocycles. The number of nitrogens with one attached hydrogen (secondary N) is 1. The van der Waals surface area contributed by atoms with Crippen LogP contribution >= 0.6 is 11.8 Å². The summed E-state index contributed by atoms with van der Waals surface area (Å²) in [6, 6.07) is 14.0. The van der Waals surface area contributed by atoms with E-state index < -0.39 is 0 Å². The minimum atomic E-state index is -0.0687. The van der Waals surface area contributed by atoms with Crippen LogP contribution in [0.2, 0.25) is 0 Å². The monoisotopic (exact) mass is 381 g/mol. The van der Waals surface area contributed by atoms with Crippen molar-refractivity contribution in [3.8, 4) is 11.5 Å². The summed E-state index contributed by atoms with van der Waals surface area (Å²) in [5, 5.41) is 11.5. The molecule has 6 heteroatoms. The molecule has 27 heavy (non-hydrogen) atoms. The third kappa shape index (κ3) is 4.98. The average Bonchev–Trinajstić information content (AvgIpc) is 3.12. The second kappa shape index (κ2) is 8.39. The molecular weight excluding hydrogens is 358 g/mol. The Hall–Kier alpha value is -2.60. The number of benzene rings is 2. The number of aryl methyl sites for hydroxylation is 3. The average molecular weight is 382 g/mol. The number of thioether (sulfide) groups is 1. The van der Waals surface area contributed by atoms with E-state index in [4.69, 9.17) is 4.42 Å². The minimum Gasteiger partial charge on any atom is -0.411 e. The molecular formula is C21H23N3O2S. The summed E-state index contributed by atoms with van der Waals surface area (Å²) in [5.41, 5.74) is 5.59. The van der Waals surface area contributed by atoms with Crippen molar-refractivity contribution in [2.45, 2.75) is 39.0 Å². The molecule has 0 saturated carbocycles. The summed E-state index contributed by atoms with van der Waals surface area (Å²) < 4.78 is 5.64. The van der Waals surface area contributed by atoms with Crippen LogP contribution in [0.5, 0.6) is 0 Å². The SMILES string of the molecule is Cc1ccc(-c2nnc(SCC(=O)N[C@H](C)c3ccc(C)c(C)c3)o2)cc1. The molecule has 0 saturated heterocycles. The topological polar surface area (TPSA) is 68.0 Å². The zero-order valence-electron chi connectivity index (χ0n) is 15.9. The number of hydrogen-bond acceptors (Lipinski definition) is 5. The first-order valence-electron chi connectivity index (χ1n) is 8.82. The summed E-state index contributed by atoms with van der Waals surface area (Å²) in [6.45, 7) is 8.16. The molecule has 0 radical (unpaired) electrons. The highest BCUT2D eigenvalue weighted by atomic mass is 32.2. The molecule has 3 rings (SSSR count). The Balaban J connectivity index is 1.54. The lowest BCUT2D eigenvalue weighted by Crippen LogP contribution is -2.28. The van der Waals surface area contributed by atoms with E-state index in [1.165, 1.54) is 28.5 Å². The third-order valence-corrected chi connectivity index (χ3v) is 5.26. The summed E-state index contributed by atoms with van der Waals surface area (Å²) in [4.78, 5) is 12.2. The Bertz CT molecular complexity index is 935. The summed E-state index contributed by atoms with van der Waals surface area (Å²) in [6.07, 6.45) is 0. The highest BCUT2D eigenvalue weighted by Crippen LogP contribution is 2.23. The van der Waals surface area contributed by atoms with Crippen LogP contribution in [-0.2, 0) is 4.79 Å². The van der Waals surface area contributed by atoms with E-state index in [1.54, 1.807) is 0 Å². The number of nitrogens with zero attached hydrogens (tertiary/aromatic N) is 2.